The number of nitrogens with one attached hydrogen (secondary N) is 1. The lowest BCUT2D eigenvalue weighted by atomic mass is 9.77. The Hall–Kier alpha value is -2.88. The molecule has 9 heteroatoms. The summed E-state index contributed by atoms with van der Waals surface area (Å²) in [7, 11) is -0.538. The molecule has 3 N–H and O–H groups in total. The average molecular weight is 506 g/mol. The van der Waals surface area contributed by atoms with Crippen LogP contribution in [-0.2, 0) is 20.6 Å². The third-order valence-electron chi connectivity index (χ3n) is 8.21. The number of hydrogen-bond donors (Lipinski definition) is 2. The quantitative estimate of drug-likeness (QED) is 0.402. The van der Waals surface area contributed by atoms with E-state index in [9.17, 15) is 9.59 Å². The standard InChI is InChI=1S/C28H39BN4O4/c1-8-32(9-2)12-13-33-17-19(25(30)34)14-21(33)16-23-22-15-20(10-11-24(22)31-26(23)35)29-36-27(5,6)28(7,37-29)18(3)4/h10-11,14-18H,8-9,12-13H2,1-7H3,(H2,30,34)(H,31,35)/b23-16-. The molecule has 2 aliphatic rings. The van der Waals surface area contributed by atoms with Gasteiger partial charge < -0.3 is 29.8 Å². The van der Waals surface area contributed by atoms with E-state index in [-0.39, 0.29) is 11.8 Å². The van der Waals surface area contributed by atoms with Gasteiger partial charge in [-0.1, -0.05) is 39.8 Å². The molecule has 0 radical (unpaired) electrons. The number of nitrogens with two attached hydrogens (primary N) is 1. The van der Waals surface area contributed by atoms with Crippen molar-refractivity contribution < 1.29 is 18.9 Å². The first-order valence-electron chi connectivity index (χ1n) is 13.2. The fraction of sp³-hybridized carbons (Fsp3) is 0.500. The molecule has 1 atom stereocenters. The van der Waals surface area contributed by atoms with Crippen LogP contribution in [0.1, 0.15) is 70.1 Å². The minimum atomic E-state index is -0.538. The van der Waals surface area contributed by atoms with Crippen LogP contribution in [0.15, 0.2) is 30.5 Å². The fourth-order valence-corrected chi connectivity index (χ4v) is 5.15. The fourth-order valence-electron chi connectivity index (χ4n) is 5.15. The zero-order valence-corrected chi connectivity index (χ0v) is 23.1. The molecule has 1 fully saturated rings. The summed E-state index contributed by atoms with van der Waals surface area (Å²) in [6.45, 7) is 18.1. The minimum absolute atomic E-state index is 0.190. The van der Waals surface area contributed by atoms with Gasteiger partial charge in [-0.3, -0.25) is 9.59 Å². The van der Waals surface area contributed by atoms with Crippen molar-refractivity contribution in [1.82, 2.24) is 9.47 Å². The van der Waals surface area contributed by atoms with Gasteiger partial charge in [0.05, 0.1) is 22.3 Å². The molecule has 4 rings (SSSR count). The van der Waals surface area contributed by atoms with Crippen molar-refractivity contribution >= 4 is 41.7 Å². The second kappa shape index (κ2) is 10.1. The van der Waals surface area contributed by atoms with E-state index in [1.165, 1.54) is 0 Å². The van der Waals surface area contributed by atoms with E-state index in [1.807, 2.05) is 28.8 Å². The molecule has 2 aromatic rings. The highest BCUT2D eigenvalue weighted by Gasteiger charge is 2.56. The van der Waals surface area contributed by atoms with Gasteiger partial charge in [-0.05, 0) is 63.5 Å². The van der Waals surface area contributed by atoms with E-state index in [1.54, 1.807) is 12.3 Å². The lowest BCUT2D eigenvalue weighted by Gasteiger charge is -2.39. The lowest BCUT2D eigenvalue weighted by Crippen LogP contribution is -2.48. The largest absolute Gasteiger partial charge is 0.494 e. The topological polar surface area (TPSA) is 98.8 Å². The predicted molar refractivity (Wildman–Crippen MR) is 149 cm³/mol. The SMILES string of the molecule is CCN(CC)CCn1cc(C(N)=O)cc1/C=C1\C(=O)Nc2ccc(B3OC(C)(C)C(C)(C(C)C)O3)cc21. The van der Waals surface area contributed by atoms with E-state index >= 15 is 0 Å². The zero-order chi connectivity index (χ0) is 27.1. The molecule has 0 aliphatic carbocycles. The van der Waals surface area contributed by atoms with Crippen molar-refractivity contribution in [3.8, 4) is 0 Å². The smallest absolute Gasteiger partial charge is 0.399 e. The molecular weight excluding hydrogens is 467 g/mol. The summed E-state index contributed by atoms with van der Waals surface area (Å²) in [6, 6.07) is 7.53. The second-order valence-electron chi connectivity index (χ2n) is 10.9. The Labute approximate surface area is 220 Å². The summed E-state index contributed by atoms with van der Waals surface area (Å²) in [6.07, 6.45) is 3.59. The lowest BCUT2D eigenvalue weighted by molar-refractivity contribution is -0.110. The average Bonchev–Trinajstić information content (AvgIpc) is 3.47. The number of carbonyl (C=O) groups excluding carboxylic acids is 2. The van der Waals surface area contributed by atoms with Crippen LogP contribution in [0, 0.1) is 5.92 Å². The van der Waals surface area contributed by atoms with Crippen LogP contribution in [0.2, 0.25) is 0 Å². The van der Waals surface area contributed by atoms with Crippen LogP contribution in [0.5, 0.6) is 0 Å². The molecule has 1 aromatic carbocycles. The highest BCUT2D eigenvalue weighted by Crippen LogP contribution is 2.42. The molecule has 0 bridgehead atoms. The zero-order valence-electron chi connectivity index (χ0n) is 23.1. The summed E-state index contributed by atoms with van der Waals surface area (Å²) in [4.78, 5) is 27.3. The van der Waals surface area contributed by atoms with Crippen LogP contribution in [0.25, 0.3) is 11.6 Å². The summed E-state index contributed by atoms with van der Waals surface area (Å²) in [5, 5.41) is 2.96. The Morgan fingerprint density at radius 3 is 2.49 bits per heavy atom. The van der Waals surface area contributed by atoms with Gasteiger partial charge in [0.25, 0.3) is 5.91 Å². The Balaban J connectivity index is 1.69. The van der Waals surface area contributed by atoms with Crippen molar-refractivity contribution in [3.05, 3.63) is 47.3 Å². The number of likely N-dealkylation sites (N-methyl/N-ethyl adjacent to an activating group) is 1. The van der Waals surface area contributed by atoms with Gasteiger partial charge in [0.2, 0.25) is 5.91 Å². The third kappa shape index (κ3) is 5.00. The van der Waals surface area contributed by atoms with Crippen LogP contribution in [-0.4, -0.2) is 59.2 Å². The number of rotatable bonds is 9. The van der Waals surface area contributed by atoms with Crippen molar-refractivity contribution in [2.75, 3.05) is 25.0 Å². The molecule has 8 nitrogen and oxygen atoms in total. The number of aromatic nitrogens is 1. The van der Waals surface area contributed by atoms with Gasteiger partial charge in [-0.25, -0.2) is 0 Å². The Kier molecular flexibility index (Phi) is 7.43. The number of primary amides is 1. The van der Waals surface area contributed by atoms with Gasteiger partial charge in [-0.2, -0.15) is 0 Å². The molecule has 2 amide bonds. The van der Waals surface area contributed by atoms with Crippen LogP contribution in [0.3, 0.4) is 0 Å². The number of anilines is 1. The van der Waals surface area contributed by atoms with Crippen LogP contribution < -0.4 is 16.5 Å². The second-order valence-corrected chi connectivity index (χ2v) is 10.9. The first kappa shape index (κ1) is 27.2. The molecular formula is C28H39BN4O4. The number of carbonyl (C=O) groups is 2. The van der Waals surface area contributed by atoms with E-state index in [0.717, 1.165) is 42.0 Å². The monoisotopic (exact) mass is 506 g/mol. The maximum Gasteiger partial charge on any atom is 0.494 e. The van der Waals surface area contributed by atoms with Gasteiger partial charge in [0.1, 0.15) is 0 Å². The van der Waals surface area contributed by atoms with Gasteiger partial charge >= 0.3 is 7.12 Å². The van der Waals surface area contributed by atoms with Crippen molar-refractivity contribution in [1.29, 1.82) is 0 Å². The third-order valence-corrected chi connectivity index (χ3v) is 8.21. The predicted octanol–water partition coefficient (Wildman–Crippen LogP) is 3.36. The van der Waals surface area contributed by atoms with Crippen LogP contribution >= 0.6 is 0 Å². The van der Waals surface area contributed by atoms with Crippen molar-refractivity contribution in [2.24, 2.45) is 11.7 Å². The molecule has 1 aromatic heterocycles. The first-order chi connectivity index (χ1) is 17.4. The normalized spacial score (nSPS) is 21.8. The molecule has 37 heavy (non-hydrogen) atoms. The van der Waals surface area contributed by atoms with Crippen molar-refractivity contribution in [3.63, 3.8) is 0 Å². The maximum absolute atomic E-state index is 13.0. The molecule has 2 aliphatic heterocycles. The molecule has 3 heterocycles. The molecule has 0 saturated carbocycles. The number of amides is 2. The van der Waals surface area contributed by atoms with E-state index < -0.39 is 24.2 Å². The summed E-state index contributed by atoms with van der Waals surface area (Å²) < 4.78 is 14.8. The Morgan fingerprint density at radius 2 is 1.89 bits per heavy atom. The van der Waals surface area contributed by atoms with E-state index in [4.69, 9.17) is 15.0 Å². The van der Waals surface area contributed by atoms with Gasteiger partial charge in [0, 0.05) is 36.2 Å². The van der Waals surface area contributed by atoms with E-state index in [2.05, 4.69) is 58.7 Å². The van der Waals surface area contributed by atoms with Crippen molar-refractivity contribution in [2.45, 2.75) is 66.2 Å². The number of benzene rings is 1. The molecule has 1 saturated heterocycles. The highest BCUT2D eigenvalue weighted by molar-refractivity contribution is 6.62. The number of nitrogens with zero attached hydrogens (tertiary/aromatic N) is 2. The molecule has 1 unspecified atom stereocenters. The summed E-state index contributed by atoms with van der Waals surface area (Å²) in [5.41, 5.74) is 8.72. The van der Waals surface area contributed by atoms with Gasteiger partial charge in [-0.15, -0.1) is 0 Å². The molecule has 198 valence electrons. The summed E-state index contributed by atoms with van der Waals surface area (Å²) in [5.74, 6) is -0.430. The molecule has 0 spiro atoms. The van der Waals surface area contributed by atoms with Gasteiger partial charge in [0.15, 0.2) is 0 Å². The number of fused-ring (bicyclic) bond motifs is 1. The minimum Gasteiger partial charge on any atom is -0.399 e. The Morgan fingerprint density at radius 1 is 1.19 bits per heavy atom. The van der Waals surface area contributed by atoms with E-state index in [0.29, 0.717) is 17.7 Å². The summed E-state index contributed by atoms with van der Waals surface area (Å²) >= 11 is 0. The Bertz CT molecular complexity index is 1230. The first-order valence-corrected chi connectivity index (χ1v) is 13.2. The highest BCUT2D eigenvalue weighted by atomic mass is 16.7. The number of hydrogen-bond acceptors (Lipinski definition) is 5. The maximum atomic E-state index is 13.0. The van der Waals surface area contributed by atoms with Crippen LogP contribution in [0.4, 0.5) is 5.69 Å².